The first-order valence-corrected chi connectivity index (χ1v) is 8.13. The molecular weight excluding hydrogens is 312 g/mol. The summed E-state index contributed by atoms with van der Waals surface area (Å²) in [5, 5.41) is 6.20. The molecule has 0 unspecified atom stereocenters. The molecule has 1 aromatic carbocycles. The van der Waals surface area contributed by atoms with E-state index in [1.165, 1.54) is 0 Å². The van der Waals surface area contributed by atoms with Gasteiger partial charge in [0.1, 0.15) is 0 Å². The van der Waals surface area contributed by atoms with E-state index in [9.17, 15) is 4.79 Å². The zero-order valence-electron chi connectivity index (χ0n) is 14.1. The van der Waals surface area contributed by atoms with Gasteiger partial charge in [0, 0.05) is 37.9 Å². The lowest BCUT2D eigenvalue weighted by molar-refractivity contribution is 0.0950. The van der Waals surface area contributed by atoms with E-state index < -0.39 is 0 Å². The minimum absolute atomic E-state index is 0.138. The van der Waals surface area contributed by atoms with E-state index in [1.807, 2.05) is 43.3 Å². The molecule has 3 aromatic rings. The second-order valence-electron chi connectivity index (χ2n) is 5.79. The quantitative estimate of drug-likeness (QED) is 0.726. The first kappa shape index (κ1) is 16.6. The zero-order chi connectivity index (χ0) is 17.5. The molecule has 5 heteroatoms. The molecule has 0 radical (unpaired) electrons. The average Bonchev–Trinajstić information content (AvgIpc) is 2.66. The summed E-state index contributed by atoms with van der Waals surface area (Å²) in [6.07, 6.45) is 6.82. The Morgan fingerprint density at radius 3 is 2.68 bits per heavy atom. The van der Waals surface area contributed by atoms with Crippen molar-refractivity contribution in [1.82, 2.24) is 15.3 Å². The lowest BCUT2D eigenvalue weighted by Gasteiger charge is -2.10. The molecule has 3 rings (SSSR count). The second-order valence-corrected chi connectivity index (χ2v) is 5.79. The number of anilines is 1. The number of hydrogen-bond acceptors (Lipinski definition) is 4. The number of aryl methyl sites for hydroxylation is 1. The number of rotatable bonds is 6. The van der Waals surface area contributed by atoms with Gasteiger partial charge in [-0.3, -0.25) is 14.8 Å². The third kappa shape index (κ3) is 4.64. The van der Waals surface area contributed by atoms with Crippen molar-refractivity contribution >= 4 is 11.6 Å². The van der Waals surface area contributed by atoms with Crippen LogP contribution in [0.15, 0.2) is 67.3 Å². The summed E-state index contributed by atoms with van der Waals surface area (Å²) in [5.74, 6) is -0.138. The molecule has 0 spiro atoms. The van der Waals surface area contributed by atoms with E-state index in [4.69, 9.17) is 0 Å². The number of carbonyl (C=O) groups is 1. The van der Waals surface area contributed by atoms with Gasteiger partial charge in [0.25, 0.3) is 5.91 Å². The first-order valence-electron chi connectivity index (χ1n) is 8.13. The van der Waals surface area contributed by atoms with Crippen molar-refractivity contribution in [3.63, 3.8) is 0 Å². The van der Waals surface area contributed by atoms with Gasteiger partial charge in [-0.2, -0.15) is 0 Å². The third-order valence-electron chi connectivity index (χ3n) is 3.92. The first-order chi connectivity index (χ1) is 12.2. The fraction of sp³-hybridized carbons (Fsp3) is 0.150. The van der Waals surface area contributed by atoms with Crippen LogP contribution in [0.25, 0.3) is 0 Å². The summed E-state index contributed by atoms with van der Waals surface area (Å²) in [4.78, 5) is 20.6. The SMILES string of the molecule is Cc1ccccc1CNC(=O)c1cncc(NCc2cccnc2)c1. The van der Waals surface area contributed by atoms with E-state index in [0.29, 0.717) is 18.7 Å². The Morgan fingerprint density at radius 2 is 1.88 bits per heavy atom. The molecule has 2 N–H and O–H groups in total. The standard InChI is InChI=1S/C20H20N4O/c1-15-5-2-3-7-17(15)13-24-20(25)18-9-19(14-22-12-18)23-11-16-6-4-8-21-10-16/h2-10,12,14,23H,11,13H2,1H3,(H,24,25). The number of hydrogen-bond donors (Lipinski definition) is 2. The Hall–Kier alpha value is -3.21. The molecule has 126 valence electrons. The lowest BCUT2D eigenvalue weighted by Crippen LogP contribution is -2.23. The normalized spacial score (nSPS) is 10.3. The molecule has 1 amide bonds. The zero-order valence-corrected chi connectivity index (χ0v) is 14.1. The minimum Gasteiger partial charge on any atom is -0.380 e. The summed E-state index contributed by atoms with van der Waals surface area (Å²) >= 11 is 0. The van der Waals surface area contributed by atoms with Crippen molar-refractivity contribution in [2.45, 2.75) is 20.0 Å². The number of pyridine rings is 2. The van der Waals surface area contributed by atoms with Gasteiger partial charge in [-0.05, 0) is 35.7 Å². The van der Waals surface area contributed by atoms with Gasteiger partial charge in [-0.1, -0.05) is 30.3 Å². The Morgan fingerprint density at radius 1 is 1.00 bits per heavy atom. The molecule has 2 heterocycles. The van der Waals surface area contributed by atoms with Crippen LogP contribution in [0.1, 0.15) is 27.0 Å². The van der Waals surface area contributed by atoms with Gasteiger partial charge in [-0.15, -0.1) is 0 Å². The lowest BCUT2D eigenvalue weighted by atomic mass is 10.1. The van der Waals surface area contributed by atoms with Crippen LogP contribution in [-0.4, -0.2) is 15.9 Å². The van der Waals surface area contributed by atoms with Crippen molar-refractivity contribution in [2.75, 3.05) is 5.32 Å². The van der Waals surface area contributed by atoms with Gasteiger partial charge >= 0.3 is 0 Å². The Bertz CT molecular complexity index is 849. The highest BCUT2D eigenvalue weighted by Gasteiger charge is 2.07. The molecule has 2 aromatic heterocycles. The highest BCUT2D eigenvalue weighted by atomic mass is 16.1. The van der Waals surface area contributed by atoms with Crippen LogP contribution < -0.4 is 10.6 Å². The third-order valence-corrected chi connectivity index (χ3v) is 3.92. The van der Waals surface area contributed by atoms with Gasteiger partial charge in [0.2, 0.25) is 0 Å². The maximum Gasteiger partial charge on any atom is 0.253 e. The predicted octanol–water partition coefficient (Wildman–Crippen LogP) is 3.33. The highest BCUT2D eigenvalue weighted by molar-refractivity contribution is 5.94. The van der Waals surface area contributed by atoms with E-state index in [-0.39, 0.29) is 5.91 Å². The summed E-state index contributed by atoms with van der Waals surface area (Å²) in [7, 11) is 0. The monoisotopic (exact) mass is 332 g/mol. The van der Waals surface area contributed by atoms with Crippen LogP contribution in [0, 0.1) is 6.92 Å². The molecule has 0 saturated heterocycles. The van der Waals surface area contributed by atoms with Gasteiger partial charge in [0.15, 0.2) is 0 Å². The van der Waals surface area contributed by atoms with Crippen molar-refractivity contribution in [1.29, 1.82) is 0 Å². The summed E-state index contributed by atoms with van der Waals surface area (Å²) < 4.78 is 0. The molecule has 0 aliphatic heterocycles. The second kappa shape index (κ2) is 8.06. The van der Waals surface area contributed by atoms with Crippen LogP contribution in [0.2, 0.25) is 0 Å². The number of nitrogens with one attached hydrogen (secondary N) is 2. The number of benzene rings is 1. The number of amides is 1. The molecule has 0 saturated carbocycles. The molecule has 0 fully saturated rings. The molecule has 0 bridgehead atoms. The van der Waals surface area contributed by atoms with Crippen molar-refractivity contribution in [3.05, 3.63) is 89.5 Å². The molecular formula is C20H20N4O. The van der Waals surface area contributed by atoms with Crippen LogP contribution in [-0.2, 0) is 13.1 Å². The minimum atomic E-state index is -0.138. The number of carbonyl (C=O) groups excluding carboxylic acids is 1. The fourth-order valence-corrected chi connectivity index (χ4v) is 2.45. The topological polar surface area (TPSA) is 66.9 Å². The predicted molar refractivity (Wildman–Crippen MR) is 98.1 cm³/mol. The Balaban J connectivity index is 1.60. The smallest absolute Gasteiger partial charge is 0.253 e. The number of aromatic nitrogens is 2. The van der Waals surface area contributed by atoms with Crippen LogP contribution in [0.3, 0.4) is 0 Å². The largest absolute Gasteiger partial charge is 0.380 e. The van der Waals surface area contributed by atoms with Gasteiger partial charge in [0.05, 0.1) is 11.3 Å². The van der Waals surface area contributed by atoms with E-state index >= 15 is 0 Å². The maximum atomic E-state index is 12.4. The van der Waals surface area contributed by atoms with Crippen LogP contribution in [0.4, 0.5) is 5.69 Å². The number of nitrogens with zero attached hydrogens (tertiary/aromatic N) is 2. The van der Waals surface area contributed by atoms with Crippen LogP contribution in [0.5, 0.6) is 0 Å². The summed E-state index contributed by atoms with van der Waals surface area (Å²) in [6.45, 7) is 3.16. The van der Waals surface area contributed by atoms with E-state index in [1.54, 1.807) is 30.9 Å². The average molecular weight is 332 g/mol. The highest BCUT2D eigenvalue weighted by Crippen LogP contribution is 2.11. The molecule has 0 aliphatic carbocycles. The Kier molecular flexibility index (Phi) is 5.36. The van der Waals surface area contributed by atoms with Crippen molar-refractivity contribution < 1.29 is 4.79 Å². The summed E-state index contributed by atoms with van der Waals surface area (Å²) in [5.41, 5.74) is 4.66. The molecule has 25 heavy (non-hydrogen) atoms. The Labute approximate surface area is 147 Å². The molecule has 0 atom stereocenters. The van der Waals surface area contributed by atoms with E-state index in [2.05, 4.69) is 20.6 Å². The fourth-order valence-electron chi connectivity index (χ4n) is 2.45. The van der Waals surface area contributed by atoms with E-state index in [0.717, 1.165) is 22.4 Å². The molecule has 0 aliphatic rings. The molecule has 5 nitrogen and oxygen atoms in total. The van der Waals surface area contributed by atoms with Crippen LogP contribution >= 0.6 is 0 Å². The maximum absolute atomic E-state index is 12.4. The van der Waals surface area contributed by atoms with Crippen molar-refractivity contribution in [3.8, 4) is 0 Å². The van der Waals surface area contributed by atoms with Crippen molar-refractivity contribution in [2.24, 2.45) is 0 Å². The van der Waals surface area contributed by atoms with Gasteiger partial charge in [-0.25, -0.2) is 0 Å². The van der Waals surface area contributed by atoms with Gasteiger partial charge < -0.3 is 10.6 Å². The summed E-state index contributed by atoms with van der Waals surface area (Å²) in [6, 6.07) is 13.7.